The number of anilines is 1. The minimum absolute atomic E-state index is 0.316. The van der Waals surface area contributed by atoms with Crippen LogP contribution in [0.1, 0.15) is 29.4 Å². The Balaban J connectivity index is 1.88. The Morgan fingerprint density at radius 1 is 1.24 bits per heavy atom. The van der Waals surface area contributed by atoms with Gasteiger partial charge in [0.1, 0.15) is 18.2 Å². The van der Waals surface area contributed by atoms with Gasteiger partial charge in [0, 0.05) is 12.1 Å². The molecular formula is C15H18N4O2. The molecule has 0 saturated heterocycles. The van der Waals surface area contributed by atoms with E-state index in [1.54, 1.807) is 36.7 Å². The molecule has 0 fully saturated rings. The number of benzene rings is 1. The van der Waals surface area contributed by atoms with Gasteiger partial charge < -0.3 is 15.8 Å². The van der Waals surface area contributed by atoms with Crippen LogP contribution in [-0.4, -0.2) is 22.4 Å². The largest absolute Gasteiger partial charge is 0.487 e. The third-order valence-electron chi connectivity index (χ3n) is 2.79. The average Bonchev–Trinajstić information content (AvgIpc) is 2.52. The number of primary amides is 1. The lowest BCUT2D eigenvalue weighted by atomic mass is 10.2. The van der Waals surface area contributed by atoms with Gasteiger partial charge in [0.15, 0.2) is 0 Å². The zero-order valence-corrected chi connectivity index (χ0v) is 11.9. The predicted octanol–water partition coefficient (Wildman–Crippen LogP) is 1.98. The topological polar surface area (TPSA) is 90.1 Å². The standard InChI is InChI=1S/C15H18N4O2/c1-2-7-17-14-9-18-12(8-19-14)10-21-13-5-3-11(4-6-13)15(16)20/h3-6,8-9H,2,7,10H2,1H3,(H2,16,20)(H,17,19). The van der Waals surface area contributed by atoms with E-state index in [1.165, 1.54) is 0 Å². The van der Waals surface area contributed by atoms with E-state index in [9.17, 15) is 4.79 Å². The van der Waals surface area contributed by atoms with Gasteiger partial charge in [-0.25, -0.2) is 4.98 Å². The summed E-state index contributed by atoms with van der Waals surface area (Å²) in [6, 6.07) is 6.65. The van der Waals surface area contributed by atoms with E-state index < -0.39 is 5.91 Å². The van der Waals surface area contributed by atoms with Crippen molar-refractivity contribution in [1.29, 1.82) is 0 Å². The zero-order valence-electron chi connectivity index (χ0n) is 11.9. The van der Waals surface area contributed by atoms with Gasteiger partial charge >= 0.3 is 0 Å². The maximum absolute atomic E-state index is 11.0. The minimum Gasteiger partial charge on any atom is -0.487 e. The van der Waals surface area contributed by atoms with Crippen LogP contribution in [0.4, 0.5) is 5.82 Å². The third kappa shape index (κ3) is 4.45. The number of rotatable bonds is 7. The van der Waals surface area contributed by atoms with Crippen LogP contribution in [0, 0.1) is 0 Å². The van der Waals surface area contributed by atoms with Crippen LogP contribution >= 0.6 is 0 Å². The van der Waals surface area contributed by atoms with Crippen molar-refractivity contribution < 1.29 is 9.53 Å². The summed E-state index contributed by atoms with van der Waals surface area (Å²) < 4.78 is 5.57. The summed E-state index contributed by atoms with van der Waals surface area (Å²) in [5, 5.41) is 3.15. The van der Waals surface area contributed by atoms with Crippen LogP contribution in [0.5, 0.6) is 5.75 Å². The molecular weight excluding hydrogens is 268 g/mol. The van der Waals surface area contributed by atoms with Crippen LogP contribution in [0.15, 0.2) is 36.7 Å². The molecule has 2 rings (SSSR count). The molecule has 0 atom stereocenters. The van der Waals surface area contributed by atoms with Crippen LogP contribution in [-0.2, 0) is 6.61 Å². The fourth-order valence-electron chi connectivity index (χ4n) is 1.65. The summed E-state index contributed by atoms with van der Waals surface area (Å²) in [5.41, 5.74) is 6.36. The number of aromatic nitrogens is 2. The maximum Gasteiger partial charge on any atom is 0.248 e. The van der Waals surface area contributed by atoms with Crippen molar-refractivity contribution >= 4 is 11.7 Å². The molecule has 2 aromatic rings. The maximum atomic E-state index is 11.0. The molecule has 0 aliphatic heterocycles. The molecule has 6 heteroatoms. The molecule has 0 saturated carbocycles. The van der Waals surface area contributed by atoms with Crippen molar-refractivity contribution in [3.63, 3.8) is 0 Å². The van der Waals surface area contributed by atoms with Gasteiger partial charge in [0.2, 0.25) is 5.91 Å². The number of nitrogens with zero attached hydrogens (tertiary/aromatic N) is 2. The number of carbonyl (C=O) groups is 1. The van der Waals surface area contributed by atoms with E-state index in [0.29, 0.717) is 17.9 Å². The molecule has 0 aliphatic carbocycles. The second-order valence-electron chi connectivity index (χ2n) is 4.50. The van der Waals surface area contributed by atoms with Crippen molar-refractivity contribution in [1.82, 2.24) is 9.97 Å². The Labute approximate surface area is 123 Å². The Hall–Kier alpha value is -2.63. The second-order valence-corrected chi connectivity index (χ2v) is 4.50. The van der Waals surface area contributed by atoms with E-state index >= 15 is 0 Å². The molecule has 110 valence electrons. The van der Waals surface area contributed by atoms with Crippen molar-refractivity contribution in [3.05, 3.63) is 47.9 Å². The molecule has 1 aromatic carbocycles. The van der Waals surface area contributed by atoms with Crippen molar-refractivity contribution in [3.8, 4) is 5.75 Å². The molecule has 1 amide bonds. The van der Waals surface area contributed by atoms with Gasteiger partial charge in [-0.1, -0.05) is 6.92 Å². The Morgan fingerprint density at radius 3 is 2.57 bits per heavy atom. The lowest BCUT2D eigenvalue weighted by Crippen LogP contribution is -2.10. The summed E-state index contributed by atoms with van der Waals surface area (Å²) >= 11 is 0. The number of amides is 1. The molecule has 0 aliphatic rings. The molecule has 0 bridgehead atoms. The number of carbonyl (C=O) groups excluding carboxylic acids is 1. The first kappa shape index (κ1) is 14.8. The smallest absolute Gasteiger partial charge is 0.248 e. The number of ether oxygens (including phenoxy) is 1. The van der Waals surface area contributed by atoms with E-state index in [-0.39, 0.29) is 0 Å². The van der Waals surface area contributed by atoms with Gasteiger partial charge in [-0.3, -0.25) is 9.78 Å². The molecule has 1 heterocycles. The van der Waals surface area contributed by atoms with E-state index in [0.717, 1.165) is 24.5 Å². The van der Waals surface area contributed by atoms with Gasteiger partial charge in [0.25, 0.3) is 0 Å². The number of hydrogen-bond donors (Lipinski definition) is 2. The van der Waals surface area contributed by atoms with E-state index in [4.69, 9.17) is 10.5 Å². The summed E-state index contributed by atoms with van der Waals surface area (Å²) in [6.45, 7) is 3.28. The predicted molar refractivity (Wildman–Crippen MR) is 80.1 cm³/mol. The molecule has 0 spiro atoms. The first-order chi connectivity index (χ1) is 10.2. The molecule has 0 unspecified atom stereocenters. The fraction of sp³-hybridized carbons (Fsp3) is 0.267. The number of nitrogens with one attached hydrogen (secondary N) is 1. The summed E-state index contributed by atoms with van der Waals surface area (Å²) in [5.74, 6) is 0.948. The molecule has 0 radical (unpaired) electrons. The molecule has 21 heavy (non-hydrogen) atoms. The molecule has 1 aromatic heterocycles. The minimum atomic E-state index is -0.456. The van der Waals surface area contributed by atoms with Crippen LogP contribution in [0.3, 0.4) is 0 Å². The molecule has 6 nitrogen and oxygen atoms in total. The first-order valence-electron chi connectivity index (χ1n) is 6.76. The second kappa shape index (κ2) is 7.23. The highest BCUT2D eigenvalue weighted by Gasteiger charge is 2.02. The summed E-state index contributed by atoms with van der Waals surface area (Å²) in [6.07, 6.45) is 4.40. The van der Waals surface area contributed by atoms with Gasteiger partial charge in [0.05, 0.1) is 18.1 Å². The average molecular weight is 286 g/mol. The summed E-state index contributed by atoms with van der Waals surface area (Å²) in [7, 11) is 0. The Morgan fingerprint density at radius 2 is 2.00 bits per heavy atom. The Kier molecular flexibility index (Phi) is 5.09. The Bertz CT molecular complexity index is 582. The number of hydrogen-bond acceptors (Lipinski definition) is 5. The van der Waals surface area contributed by atoms with Crippen molar-refractivity contribution in [2.45, 2.75) is 20.0 Å². The first-order valence-corrected chi connectivity index (χ1v) is 6.76. The van der Waals surface area contributed by atoms with Crippen LogP contribution < -0.4 is 15.8 Å². The summed E-state index contributed by atoms with van der Waals surface area (Å²) in [4.78, 5) is 19.5. The van der Waals surface area contributed by atoms with E-state index in [2.05, 4.69) is 22.2 Å². The van der Waals surface area contributed by atoms with Crippen molar-refractivity contribution in [2.75, 3.05) is 11.9 Å². The highest BCUT2D eigenvalue weighted by molar-refractivity contribution is 5.92. The van der Waals surface area contributed by atoms with Crippen LogP contribution in [0.25, 0.3) is 0 Å². The SMILES string of the molecule is CCCNc1cnc(COc2ccc(C(N)=O)cc2)cn1. The lowest BCUT2D eigenvalue weighted by molar-refractivity contribution is 0.100. The number of nitrogens with two attached hydrogens (primary N) is 1. The highest BCUT2D eigenvalue weighted by Crippen LogP contribution is 2.13. The fourth-order valence-corrected chi connectivity index (χ4v) is 1.65. The van der Waals surface area contributed by atoms with Gasteiger partial charge in [-0.05, 0) is 30.7 Å². The normalized spacial score (nSPS) is 10.1. The van der Waals surface area contributed by atoms with Crippen molar-refractivity contribution in [2.24, 2.45) is 5.73 Å². The third-order valence-corrected chi connectivity index (χ3v) is 2.79. The van der Waals surface area contributed by atoms with E-state index in [1.807, 2.05) is 0 Å². The van der Waals surface area contributed by atoms with Crippen LogP contribution in [0.2, 0.25) is 0 Å². The van der Waals surface area contributed by atoms with Gasteiger partial charge in [-0.15, -0.1) is 0 Å². The quantitative estimate of drug-likeness (QED) is 0.812. The zero-order chi connectivity index (χ0) is 15.1. The monoisotopic (exact) mass is 286 g/mol. The lowest BCUT2D eigenvalue weighted by Gasteiger charge is -2.07. The molecule has 3 N–H and O–H groups in total. The van der Waals surface area contributed by atoms with Gasteiger partial charge in [-0.2, -0.15) is 0 Å². The highest BCUT2D eigenvalue weighted by atomic mass is 16.5.